The third-order valence-electron chi connectivity index (χ3n) is 2.15. The maximum atomic E-state index is 10.8. The summed E-state index contributed by atoms with van der Waals surface area (Å²) in [6, 6.07) is 10.4. The Hall–Kier alpha value is -2.03. The summed E-state index contributed by atoms with van der Waals surface area (Å²) < 4.78 is 0. The molecule has 0 amide bonds. The van der Waals surface area contributed by atoms with E-state index < -0.39 is 5.97 Å². The summed E-state index contributed by atoms with van der Waals surface area (Å²) in [7, 11) is 0. The van der Waals surface area contributed by atoms with Crippen molar-refractivity contribution in [2.24, 2.45) is 0 Å². The Balaban J connectivity index is 2.81. The standard InChI is InChI=1S/C11H8O3/c12-10-8-4-2-1-3-7(8)5-6-9(10)11(13)14/h1-6,12H,(H,13,14)/p+1. The highest BCUT2D eigenvalue weighted by molar-refractivity contribution is 6.00. The first-order valence-electron chi connectivity index (χ1n) is 4.17. The number of carbonyl (C=O) groups is 1. The monoisotopic (exact) mass is 189 g/mol. The molecule has 0 radical (unpaired) electrons. The number of phenolic OH excluding ortho intramolecular Hbond substituents is 1. The molecule has 0 bridgehead atoms. The van der Waals surface area contributed by atoms with Crippen molar-refractivity contribution in [2.45, 2.75) is 0 Å². The first-order valence-corrected chi connectivity index (χ1v) is 4.17. The highest BCUT2D eigenvalue weighted by Gasteiger charge is 2.17. The molecule has 2 aromatic carbocycles. The average molecular weight is 189 g/mol. The molecule has 0 fully saturated rings. The van der Waals surface area contributed by atoms with Crippen LogP contribution >= 0.6 is 0 Å². The van der Waals surface area contributed by atoms with E-state index in [9.17, 15) is 9.90 Å². The number of carbonyl (C=O) groups excluding carboxylic acids is 1. The Bertz CT molecular complexity index is 503. The molecule has 0 aliphatic rings. The topological polar surface area (TPSA) is 60.2 Å². The number of benzene rings is 2. The zero-order valence-electron chi connectivity index (χ0n) is 7.32. The zero-order chi connectivity index (χ0) is 10.1. The Morgan fingerprint density at radius 3 is 2.57 bits per heavy atom. The third-order valence-corrected chi connectivity index (χ3v) is 2.15. The first-order chi connectivity index (χ1) is 6.70. The molecule has 0 atom stereocenters. The number of hydrogen-bond acceptors (Lipinski definition) is 2. The number of aromatic hydroxyl groups is 1. The van der Waals surface area contributed by atoms with Gasteiger partial charge in [0.2, 0.25) is 0 Å². The van der Waals surface area contributed by atoms with Crippen LogP contribution in [0.5, 0.6) is 5.75 Å². The maximum Gasteiger partial charge on any atom is 0.552 e. The number of rotatable bonds is 1. The quantitative estimate of drug-likeness (QED) is 0.689. The summed E-state index contributed by atoms with van der Waals surface area (Å²) in [5.41, 5.74) is 0.0451. The van der Waals surface area contributed by atoms with Gasteiger partial charge < -0.3 is 10.2 Å². The van der Waals surface area contributed by atoms with Crippen LogP contribution in [0.25, 0.3) is 10.8 Å². The molecule has 0 aliphatic carbocycles. The third kappa shape index (κ3) is 1.19. The van der Waals surface area contributed by atoms with E-state index >= 15 is 0 Å². The fraction of sp³-hybridized carbons (Fsp3) is 0. The summed E-state index contributed by atoms with van der Waals surface area (Å²) in [5.74, 6) is -0.976. The van der Waals surface area contributed by atoms with E-state index in [2.05, 4.69) is 0 Å². The van der Waals surface area contributed by atoms with Gasteiger partial charge in [-0.2, -0.15) is 0 Å². The second-order valence-electron chi connectivity index (χ2n) is 3.01. The Morgan fingerprint density at radius 1 is 1.14 bits per heavy atom. The lowest BCUT2D eigenvalue weighted by atomic mass is 10.1. The van der Waals surface area contributed by atoms with Gasteiger partial charge in [0.05, 0.1) is 0 Å². The lowest BCUT2D eigenvalue weighted by Crippen LogP contribution is -1.96. The molecule has 0 unspecified atom stereocenters. The molecule has 0 saturated carbocycles. The highest BCUT2D eigenvalue weighted by Crippen LogP contribution is 2.28. The van der Waals surface area contributed by atoms with Crippen LogP contribution in [0.15, 0.2) is 36.4 Å². The number of hydrogen-bond donors (Lipinski definition) is 1. The SMILES string of the molecule is O=C([OH2+])c1ccc2ccccc2c1O. The van der Waals surface area contributed by atoms with Crippen molar-refractivity contribution in [3.8, 4) is 5.75 Å². The Morgan fingerprint density at radius 2 is 1.86 bits per heavy atom. The van der Waals surface area contributed by atoms with Crippen molar-refractivity contribution in [1.29, 1.82) is 0 Å². The summed E-state index contributed by atoms with van der Waals surface area (Å²) in [6.07, 6.45) is 0. The van der Waals surface area contributed by atoms with Gasteiger partial charge in [-0.1, -0.05) is 30.3 Å². The van der Waals surface area contributed by atoms with Gasteiger partial charge in [0.25, 0.3) is 0 Å². The van der Waals surface area contributed by atoms with Crippen molar-refractivity contribution >= 4 is 16.7 Å². The van der Waals surface area contributed by atoms with Gasteiger partial charge in [0, 0.05) is 10.2 Å². The molecule has 0 saturated heterocycles. The number of phenols is 1. The lowest BCUT2D eigenvalue weighted by molar-refractivity contribution is 0.0694. The zero-order valence-corrected chi connectivity index (χ0v) is 7.32. The molecule has 14 heavy (non-hydrogen) atoms. The van der Waals surface area contributed by atoms with Gasteiger partial charge in [-0.25, -0.2) is 0 Å². The van der Waals surface area contributed by atoms with Crippen molar-refractivity contribution in [2.75, 3.05) is 0 Å². The second-order valence-corrected chi connectivity index (χ2v) is 3.01. The minimum absolute atomic E-state index is 0.0451. The van der Waals surface area contributed by atoms with Gasteiger partial charge >= 0.3 is 5.97 Å². The Kier molecular flexibility index (Phi) is 1.85. The molecule has 2 rings (SSSR count). The van der Waals surface area contributed by atoms with Crippen molar-refractivity contribution < 1.29 is 15.0 Å². The van der Waals surface area contributed by atoms with Crippen LogP contribution in [0.2, 0.25) is 0 Å². The van der Waals surface area contributed by atoms with Gasteiger partial charge in [0.15, 0.2) is 5.56 Å². The van der Waals surface area contributed by atoms with Gasteiger partial charge in [-0.3, -0.25) is 0 Å². The van der Waals surface area contributed by atoms with E-state index in [4.69, 9.17) is 5.11 Å². The number of fused-ring (bicyclic) bond motifs is 1. The minimum Gasteiger partial charge on any atom is -0.561 e. The van der Waals surface area contributed by atoms with Crippen LogP contribution in [0.4, 0.5) is 0 Å². The van der Waals surface area contributed by atoms with Crippen LogP contribution in [0, 0.1) is 0 Å². The maximum absolute atomic E-state index is 10.8. The van der Waals surface area contributed by atoms with Crippen molar-refractivity contribution in [1.82, 2.24) is 0 Å². The van der Waals surface area contributed by atoms with Crippen LogP contribution in [-0.4, -0.2) is 16.2 Å². The molecule has 0 spiro atoms. The minimum atomic E-state index is -0.867. The van der Waals surface area contributed by atoms with E-state index in [0.717, 1.165) is 5.39 Å². The van der Waals surface area contributed by atoms with Gasteiger partial charge in [0.1, 0.15) is 5.75 Å². The predicted octanol–water partition coefficient (Wildman–Crippen LogP) is 1.41. The predicted molar refractivity (Wildman–Crippen MR) is 53.6 cm³/mol. The molecule has 3 N–H and O–H groups in total. The molecule has 2 aromatic rings. The van der Waals surface area contributed by atoms with E-state index in [1.165, 1.54) is 6.07 Å². The molecule has 3 nitrogen and oxygen atoms in total. The smallest absolute Gasteiger partial charge is 0.552 e. The molecular formula is C11H9O3+. The normalized spacial score (nSPS) is 10.3. The fourth-order valence-corrected chi connectivity index (χ4v) is 1.44. The summed E-state index contributed by atoms with van der Waals surface area (Å²) in [5, 5.41) is 18.1. The summed E-state index contributed by atoms with van der Waals surface area (Å²) in [6.45, 7) is 0. The molecular weight excluding hydrogens is 180 g/mol. The molecule has 3 heteroatoms. The molecule has 0 heterocycles. The lowest BCUT2D eigenvalue weighted by Gasteiger charge is -2.01. The van der Waals surface area contributed by atoms with E-state index in [0.29, 0.717) is 5.39 Å². The molecule has 0 aromatic heterocycles. The van der Waals surface area contributed by atoms with Crippen molar-refractivity contribution in [3.05, 3.63) is 42.0 Å². The largest absolute Gasteiger partial charge is 0.561 e. The van der Waals surface area contributed by atoms with E-state index in [-0.39, 0.29) is 11.3 Å². The highest BCUT2D eigenvalue weighted by atomic mass is 16.4. The van der Waals surface area contributed by atoms with Crippen LogP contribution < -0.4 is 0 Å². The fourth-order valence-electron chi connectivity index (χ4n) is 1.44. The summed E-state index contributed by atoms with van der Waals surface area (Å²) >= 11 is 0. The van der Waals surface area contributed by atoms with E-state index in [1.807, 2.05) is 12.1 Å². The van der Waals surface area contributed by atoms with Gasteiger partial charge in [-0.05, 0) is 11.5 Å². The molecule has 0 aliphatic heterocycles. The Labute approximate surface area is 80.2 Å². The van der Waals surface area contributed by atoms with Crippen molar-refractivity contribution in [3.63, 3.8) is 0 Å². The van der Waals surface area contributed by atoms with E-state index in [1.54, 1.807) is 18.2 Å². The van der Waals surface area contributed by atoms with Crippen LogP contribution in [-0.2, 0) is 0 Å². The molecule has 70 valence electrons. The second kappa shape index (κ2) is 3.03. The van der Waals surface area contributed by atoms with Crippen LogP contribution in [0.1, 0.15) is 10.4 Å². The van der Waals surface area contributed by atoms with Gasteiger partial charge in [-0.15, -0.1) is 0 Å². The van der Waals surface area contributed by atoms with Crippen LogP contribution in [0.3, 0.4) is 0 Å². The first kappa shape index (κ1) is 8.56. The summed E-state index contributed by atoms with van der Waals surface area (Å²) in [4.78, 5) is 10.8. The average Bonchev–Trinajstić information content (AvgIpc) is 2.18.